The quantitative estimate of drug-likeness (QED) is 0.907. The van der Waals surface area contributed by atoms with Crippen LogP contribution in [0.4, 0.5) is 16.3 Å². The van der Waals surface area contributed by atoms with Gasteiger partial charge in [0, 0.05) is 32.4 Å². The normalized spacial score (nSPS) is 14.3. The van der Waals surface area contributed by atoms with Crippen LogP contribution in [0, 0.1) is 0 Å². The lowest BCUT2D eigenvalue weighted by Crippen LogP contribution is -2.32. The van der Waals surface area contributed by atoms with Gasteiger partial charge in [-0.1, -0.05) is 0 Å². The van der Waals surface area contributed by atoms with E-state index in [1.807, 2.05) is 13.8 Å². The molecule has 0 atom stereocenters. The molecule has 2 aromatic rings. The van der Waals surface area contributed by atoms with Crippen LogP contribution in [-0.2, 0) is 6.54 Å². The van der Waals surface area contributed by atoms with Crippen molar-refractivity contribution in [2.75, 3.05) is 29.9 Å². The number of pyridine rings is 1. The summed E-state index contributed by atoms with van der Waals surface area (Å²) in [5.74, 6) is 0.353. The number of aryl methyl sites for hydroxylation is 1. The molecule has 8 heteroatoms. The number of carbonyl (C=O) groups is 2. The van der Waals surface area contributed by atoms with Gasteiger partial charge >= 0.3 is 6.03 Å². The first-order valence-electron chi connectivity index (χ1n) is 7.99. The molecule has 0 unspecified atom stereocenters. The molecule has 1 aliphatic rings. The predicted molar refractivity (Wildman–Crippen MR) is 90.1 cm³/mol. The van der Waals surface area contributed by atoms with Gasteiger partial charge in [-0.3, -0.25) is 14.4 Å². The van der Waals surface area contributed by atoms with Crippen molar-refractivity contribution < 1.29 is 9.59 Å². The van der Waals surface area contributed by atoms with Crippen LogP contribution in [-0.4, -0.2) is 51.2 Å². The van der Waals surface area contributed by atoms with E-state index in [2.05, 4.69) is 15.4 Å². The highest BCUT2D eigenvalue weighted by molar-refractivity contribution is 6.03. The number of carbonyl (C=O) groups excluding carboxylic acids is 2. The highest BCUT2D eigenvalue weighted by Gasteiger charge is 2.28. The van der Waals surface area contributed by atoms with Gasteiger partial charge in [-0.25, -0.2) is 9.78 Å². The molecule has 3 rings (SSSR count). The lowest BCUT2D eigenvalue weighted by molar-refractivity contribution is 0.101. The number of rotatable bonds is 5. The number of anilines is 2. The first kappa shape index (κ1) is 16.0. The third-order valence-corrected chi connectivity index (χ3v) is 4.01. The second kappa shape index (κ2) is 6.69. The Labute approximate surface area is 140 Å². The molecule has 3 heterocycles. The van der Waals surface area contributed by atoms with Crippen molar-refractivity contribution in [3.8, 4) is 0 Å². The van der Waals surface area contributed by atoms with Gasteiger partial charge in [0.2, 0.25) is 0 Å². The lowest BCUT2D eigenvalue weighted by Gasteiger charge is -2.16. The molecule has 1 N–H and O–H groups in total. The molecular formula is C16H20N6O2. The fraction of sp³-hybridized carbons (Fsp3) is 0.375. The summed E-state index contributed by atoms with van der Waals surface area (Å²) >= 11 is 0. The molecule has 2 aromatic heterocycles. The molecule has 0 bridgehead atoms. The molecule has 0 aliphatic carbocycles. The predicted octanol–water partition coefficient (Wildman–Crippen LogP) is 1.81. The van der Waals surface area contributed by atoms with Crippen LogP contribution in [0.5, 0.6) is 0 Å². The third-order valence-electron chi connectivity index (χ3n) is 4.01. The summed E-state index contributed by atoms with van der Waals surface area (Å²) in [5, 5.41) is 6.87. The molecule has 0 spiro atoms. The van der Waals surface area contributed by atoms with Crippen LogP contribution in [0.1, 0.15) is 24.3 Å². The van der Waals surface area contributed by atoms with Gasteiger partial charge in [0.1, 0.15) is 11.5 Å². The van der Waals surface area contributed by atoms with E-state index >= 15 is 0 Å². The smallest absolute Gasteiger partial charge is 0.323 e. The SMILES string of the molecule is CCN1CCN(c2ccc(NC(=O)c3ccnn3CC)cn2)C1=O. The molecule has 0 saturated carbocycles. The summed E-state index contributed by atoms with van der Waals surface area (Å²) in [6.45, 7) is 6.52. The Morgan fingerprint density at radius 2 is 2.04 bits per heavy atom. The topological polar surface area (TPSA) is 83.4 Å². The Balaban J connectivity index is 1.69. The number of likely N-dealkylation sites (N-methyl/N-ethyl adjacent to an activating group) is 1. The van der Waals surface area contributed by atoms with Crippen LogP contribution in [0.15, 0.2) is 30.6 Å². The van der Waals surface area contributed by atoms with Crippen molar-refractivity contribution in [3.05, 3.63) is 36.3 Å². The van der Waals surface area contributed by atoms with Crippen molar-refractivity contribution in [3.63, 3.8) is 0 Å². The molecule has 24 heavy (non-hydrogen) atoms. The summed E-state index contributed by atoms with van der Waals surface area (Å²) in [6.07, 6.45) is 3.15. The van der Waals surface area contributed by atoms with Crippen LogP contribution in [0.2, 0.25) is 0 Å². The minimum Gasteiger partial charge on any atom is -0.323 e. The molecule has 1 aliphatic heterocycles. The van der Waals surface area contributed by atoms with Crippen LogP contribution >= 0.6 is 0 Å². The Morgan fingerprint density at radius 3 is 2.67 bits per heavy atom. The number of hydrogen-bond donors (Lipinski definition) is 1. The molecule has 0 radical (unpaired) electrons. The van der Waals surface area contributed by atoms with Gasteiger partial charge < -0.3 is 10.2 Å². The molecule has 3 amide bonds. The molecule has 1 fully saturated rings. The molecule has 126 valence electrons. The van der Waals surface area contributed by atoms with Gasteiger partial charge in [0.25, 0.3) is 5.91 Å². The fourth-order valence-electron chi connectivity index (χ4n) is 2.68. The zero-order chi connectivity index (χ0) is 17.1. The van der Waals surface area contributed by atoms with E-state index in [9.17, 15) is 9.59 Å². The Kier molecular flexibility index (Phi) is 4.45. The summed E-state index contributed by atoms with van der Waals surface area (Å²) < 4.78 is 1.62. The van der Waals surface area contributed by atoms with E-state index in [-0.39, 0.29) is 11.9 Å². The average molecular weight is 328 g/mol. The molecule has 1 saturated heterocycles. The number of nitrogens with zero attached hydrogens (tertiary/aromatic N) is 5. The number of amides is 3. The Bertz CT molecular complexity index is 739. The lowest BCUT2D eigenvalue weighted by atomic mass is 10.3. The van der Waals surface area contributed by atoms with Crippen molar-refractivity contribution in [1.29, 1.82) is 0 Å². The fourth-order valence-corrected chi connectivity index (χ4v) is 2.68. The maximum absolute atomic E-state index is 12.3. The summed E-state index contributed by atoms with van der Waals surface area (Å²) in [7, 11) is 0. The van der Waals surface area contributed by atoms with Gasteiger partial charge in [0.05, 0.1) is 11.9 Å². The second-order valence-corrected chi connectivity index (χ2v) is 5.41. The van der Waals surface area contributed by atoms with E-state index in [1.54, 1.807) is 45.1 Å². The van der Waals surface area contributed by atoms with E-state index < -0.39 is 0 Å². The highest BCUT2D eigenvalue weighted by Crippen LogP contribution is 2.19. The van der Waals surface area contributed by atoms with Gasteiger partial charge in [-0.05, 0) is 32.0 Å². The third kappa shape index (κ3) is 2.94. The van der Waals surface area contributed by atoms with Gasteiger partial charge in [-0.2, -0.15) is 5.10 Å². The minimum absolute atomic E-state index is 0.0337. The standard InChI is InChI=1S/C16H20N6O2/c1-3-20-9-10-21(16(20)24)14-6-5-12(11-17-14)19-15(23)13-7-8-18-22(13)4-2/h5-8,11H,3-4,9-10H2,1-2H3,(H,19,23). The second-order valence-electron chi connectivity index (χ2n) is 5.41. The maximum Gasteiger partial charge on any atom is 0.325 e. The summed E-state index contributed by atoms with van der Waals surface area (Å²) in [4.78, 5) is 32.1. The van der Waals surface area contributed by atoms with Crippen LogP contribution in [0.25, 0.3) is 0 Å². The van der Waals surface area contributed by atoms with Crippen LogP contribution in [0.3, 0.4) is 0 Å². The van der Waals surface area contributed by atoms with E-state index in [1.165, 1.54) is 0 Å². The largest absolute Gasteiger partial charge is 0.325 e. The van der Waals surface area contributed by atoms with Crippen molar-refractivity contribution in [2.24, 2.45) is 0 Å². The molecule has 0 aromatic carbocycles. The molecule has 8 nitrogen and oxygen atoms in total. The first-order chi connectivity index (χ1) is 11.6. The van der Waals surface area contributed by atoms with Gasteiger partial charge in [0.15, 0.2) is 0 Å². The Hall–Kier alpha value is -2.90. The first-order valence-corrected chi connectivity index (χ1v) is 7.99. The summed E-state index contributed by atoms with van der Waals surface area (Å²) in [5.41, 5.74) is 1.07. The highest BCUT2D eigenvalue weighted by atomic mass is 16.2. The van der Waals surface area contributed by atoms with Crippen molar-refractivity contribution >= 4 is 23.4 Å². The van der Waals surface area contributed by atoms with Crippen molar-refractivity contribution in [1.82, 2.24) is 19.7 Å². The number of nitrogens with one attached hydrogen (secondary N) is 1. The minimum atomic E-state index is -0.238. The average Bonchev–Trinajstić information content (AvgIpc) is 3.21. The Morgan fingerprint density at radius 1 is 1.21 bits per heavy atom. The molecular weight excluding hydrogens is 308 g/mol. The monoisotopic (exact) mass is 328 g/mol. The van der Waals surface area contributed by atoms with Crippen LogP contribution < -0.4 is 10.2 Å². The van der Waals surface area contributed by atoms with E-state index in [0.717, 1.165) is 0 Å². The van der Waals surface area contributed by atoms with Gasteiger partial charge in [-0.15, -0.1) is 0 Å². The van der Waals surface area contributed by atoms with E-state index in [4.69, 9.17) is 0 Å². The van der Waals surface area contributed by atoms with Crippen molar-refractivity contribution in [2.45, 2.75) is 20.4 Å². The zero-order valence-electron chi connectivity index (χ0n) is 13.8. The maximum atomic E-state index is 12.3. The van der Waals surface area contributed by atoms with E-state index in [0.29, 0.717) is 43.4 Å². The summed E-state index contributed by atoms with van der Waals surface area (Å²) in [6, 6.07) is 5.12. The number of urea groups is 1. The zero-order valence-corrected chi connectivity index (χ0v) is 13.8. The number of aromatic nitrogens is 3. The number of hydrogen-bond acceptors (Lipinski definition) is 4.